The molecule has 0 radical (unpaired) electrons. The fraction of sp³-hybridized carbons (Fsp3) is 0.375. The highest BCUT2D eigenvalue weighted by Crippen LogP contribution is 2.23. The van der Waals surface area contributed by atoms with Gasteiger partial charge in [-0.2, -0.15) is 10.4 Å². The largest absolute Gasteiger partial charge is 0.192 e. The second-order valence-electron chi connectivity index (χ2n) is 2.44. The summed E-state index contributed by atoms with van der Waals surface area (Å²) in [7, 11) is 0. The van der Waals surface area contributed by atoms with Crippen LogP contribution in [0, 0.1) is 11.3 Å². The molecular weight excluding hydrogens is 206 g/mol. The number of halogens is 1. The molecule has 13 heavy (non-hydrogen) atoms. The van der Waals surface area contributed by atoms with E-state index < -0.39 is 0 Å². The minimum atomic E-state index is 0.241. The van der Waals surface area contributed by atoms with Crippen LogP contribution in [0.3, 0.4) is 0 Å². The molecule has 0 saturated heterocycles. The van der Waals surface area contributed by atoms with Gasteiger partial charge in [0.15, 0.2) is 0 Å². The van der Waals surface area contributed by atoms with Crippen LogP contribution in [0.2, 0.25) is 0 Å². The molecule has 0 spiro atoms. The first-order valence-electron chi connectivity index (χ1n) is 3.72. The lowest BCUT2D eigenvalue weighted by Gasteiger charge is -2.05. The first-order chi connectivity index (χ1) is 6.27. The van der Waals surface area contributed by atoms with E-state index >= 15 is 0 Å². The van der Waals surface area contributed by atoms with Crippen LogP contribution in [0.1, 0.15) is 12.5 Å². The van der Waals surface area contributed by atoms with Crippen molar-refractivity contribution in [1.29, 1.82) is 5.26 Å². The van der Waals surface area contributed by atoms with Crippen LogP contribution in [-0.4, -0.2) is 21.3 Å². The maximum atomic E-state index is 8.74. The third-order valence-electron chi connectivity index (χ3n) is 1.34. The molecule has 0 aliphatic carbocycles. The molecule has 0 fully saturated rings. The van der Waals surface area contributed by atoms with Gasteiger partial charge in [-0.15, -0.1) is 16.7 Å². The molecule has 0 bridgehead atoms. The van der Waals surface area contributed by atoms with Crippen molar-refractivity contribution in [2.24, 2.45) is 0 Å². The minimum absolute atomic E-state index is 0.241. The summed E-state index contributed by atoms with van der Waals surface area (Å²) in [5, 5.41) is 17.2. The summed E-state index contributed by atoms with van der Waals surface area (Å²) < 4.78 is 0. The Balaban J connectivity index is 2.82. The first kappa shape index (κ1) is 10.3. The van der Waals surface area contributed by atoms with Crippen LogP contribution in [0.5, 0.6) is 0 Å². The fourth-order valence-corrected chi connectivity index (χ4v) is 1.68. The monoisotopic (exact) mass is 213 g/mol. The number of hydrogen-bond acceptors (Lipinski definition) is 4. The van der Waals surface area contributed by atoms with Gasteiger partial charge in [0.25, 0.3) is 0 Å². The molecule has 1 atom stereocenters. The lowest BCUT2D eigenvalue weighted by Crippen LogP contribution is -1.99. The van der Waals surface area contributed by atoms with E-state index in [1.165, 1.54) is 18.0 Å². The summed E-state index contributed by atoms with van der Waals surface area (Å²) in [5.41, 5.74) is 0.553. The maximum absolute atomic E-state index is 8.74. The van der Waals surface area contributed by atoms with Crippen molar-refractivity contribution < 1.29 is 0 Å². The average molecular weight is 214 g/mol. The number of rotatable bonds is 3. The molecule has 1 aromatic rings. The highest BCUT2D eigenvalue weighted by Gasteiger charge is 2.08. The fourth-order valence-electron chi connectivity index (χ4n) is 0.713. The topological polar surface area (TPSA) is 49.6 Å². The number of aromatic nitrogens is 2. The van der Waals surface area contributed by atoms with E-state index in [0.717, 1.165) is 0 Å². The summed E-state index contributed by atoms with van der Waals surface area (Å²) in [6, 6.07) is 3.71. The SMILES string of the molecule is CC(CCl)Sc1nnccc1C#N. The molecular formula is C8H8ClN3S. The highest BCUT2D eigenvalue weighted by molar-refractivity contribution is 8.00. The number of thioether (sulfide) groups is 1. The van der Waals surface area contributed by atoms with E-state index in [1.807, 2.05) is 6.92 Å². The van der Waals surface area contributed by atoms with E-state index in [0.29, 0.717) is 16.5 Å². The van der Waals surface area contributed by atoms with Crippen molar-refractivity contribution in [1.82, 2.24) is 10.2 Å². The Kier molecular flexibility index (Phi) is 4.00. The molecule has 0 aromatic carbocycles. The van der Waals surface area contributed by atoms with Crippen molar-refractivity contribution in [3.8, 4) is 6.07 Å². The van der Waals surface area contributed by atoms with Gasteiger partial charge in [-0.05, 0) is 6.07 Å². The number of hydrogen-bond donors (Lipinski definition) is 0. The molecule has 1 aromatic heterocycles. The van der Waals surface area contributed by atoms with Gasteiger partial charge < -0.3 is 0 Å². The molecule has 1 unspecified atom stereocenters. The van der Waals surface area contributed by atoms with E-state index in [4.69, 9.17) is 16.9 Å². The Bertz CT molecular complexity index is 323. The Hall–Kier alpha value is -0.790. The molecule has 0 N–H and O–H groups in total. The van der Waals surface area contributed by atoms with E-state index in [9.17, 15) is 0 Å². The second-order valence-corrected chi connectivity index (χ2v) is 4.18. The number of alkyl halides is 1. The van der Waals surface area contributed by atoms with Gasteiger partial charge in [0.1, 0.15) is 11.1 Å². The van der Waals surface area contributed by atoms with Gasteiger partial charge in [-0.1, -0.05) is 18.7 Å². The van der Waals surface area contributed by atoms with E-state index in [1.54, 1.807) is 6.07 Å². The molecule has 3 nitrogen and oxygen atoms in total. The predicted octanol–water partition coefficient (Wildman–Crippen LogP) is 2.07. The molecule has 0 saturated carbocycles. The number of nitriles is 1. The van der Waals surface area contributed by atoms with Gasteiger partial charge in [0, 0.05) is 11.1 Å². The van der Waals surface area contributed by atoms with Crippen LogP contribution in [0.25, 0.3) is 0 Å². The standard InChI is InChI=1S/C8H8ClN3S/c1-6(4-9)13-8-7(5-10)2-3-11-12-8/h2-3,6H,4H2,1H3. The molecule has 0 aliphatic heterocycles. The summed E-state index contributed by atoms with van der Waals surface area (Å²) >= 11 is 7.11. The van der Waals surface area contributed by atoms with Crippen LogP contribution >= 0.6 is 23.4 Å². The Morgan fingerprint density at radius 3 is 3.15 bits per heavy atom. The third kappa shape index (κ3) is 2.87. The Morgan fingerprint density at radius 2 is 2.54 bits per heavy atom. The van der Waals surface area contributed by atoms with Crippen LogP contribution in [0.4, 0.5) is 0 Å². The maximum Gasteiger partial charge on any atom is 0.137 e. The van der Waals surface area contributed by atoms with Gasteiger partial charge in [-0.25, -0.2) is 0 Å². The molecule has 1 rings (SSSR count). The Morgan fingerprint density at radius 1 is 1.77 bits per heavy atom. The van der Waals surface area contributed by atoms with Crippen molar-refractivity contribution in [3.63, 3.8) is 0 Å². The molecule has 5 heteroatoms. The lowest BCUT2D eigenvalue weighted by atomic mass is 10.3. The normalized spacial score (nSPS) is 12.1. The average Bonchev–Trinajstić information content (AvgIpc) is 2.18. The van der Waals surface area contributed by atoms with Crippen LogP contribution < -0.4 is 0 Å². The number of nitrogens with zero attached hydrogens (tertiary/aromatic N) is 3. The zero-order valence-corrected chi connectivity index (χ0v) is 8.64. The minimum Gasteiger partial charge on any atom is -0.192 e. The zero-order chi connectivity index (χ0) is 9.68. The molecule has 68 valence electrons. The van der Waals surface area contributed by atoms with Crippen molar-refractivity contribution in [3.05, 3.63) is 17.8 Å². The summed E-state index contributed by atoms with van der Waals surface area (Å²) in [4.78, 5) is 0. The zero-order valence-electron chi connectivity index (χ0n) is 7.07. The summed E-state index contributed by atoms with van der Waals surface area (Å²) in [5.74, 6) is 0.534. The van der Waals surface area contributed by atoms with Crippen molar-refractivity contribution in [2.45, 2.75) is 17.2 Å². The first-order valence-corrected chi connectivity index (χ1v) is 5.13. The van der Waals surface area contributed by atoms with E-state index in [2.05, 4.69) is 16.3 Å². The Labute approximate surface area is 86.1 Å². The molecule has 0 aliphatic rings. The smallest absolute Gasteiger partial charge is 0.137 e. The van der Waals surface area contributed by atoms with Crippen LogP contribution in [-0.2, 0) is 0 Å². The van der Waals surface area contributed by atoms with E-state index in [-0.39, 0.29) is 5.25 Å². The van der Waals surface area contributed by atoms with Gasteiger partial charge >= 0.3 is 0 Å². The van der Waals surface area contributed by atoms with Gasteiger partial charge in [0.05, 0.1) is 11.8 Å². The highest BCUT2D eigenvalue weighted by atomic mass is 35.5. The predicted molar refractivity (Wildman–Crippen MR) is 52.8 cm³/mol. The molecule has 0 amide bonds. The molecule has 1 heterocycles. The van der Waals surface area contributed by atoms with Gasteiger partial charge in [0.2, 0.25) is 0 Å². The summed E-state index contributed by atoms with van der Waals surface area (Å²) in [6.45, 7) is 1.98. The second kappa shape index (κ2) is 5.05. The van der Waals surface area contributed by atoms with Gasteiger partial charge in [-0.3, -0.25) is 0 Å². The lowest BCUT2D eigenvalue weighted by molar-refractivity contribution is 0.914. The van der Waals surface area contributed by atoms with Crippen molar-refractivity contribution >= 4 is 23.4 Å². The third-order valence-corrected chi connectivity index (χ3v) is 3.08. The van der Waals surface area contributed by atoms with Crippen LogP contribution in [0.15, 0.2) is 17.3 Å². The van der Waals surface area contributed by atoms with Crippen molar-refractivity contribution in [2.75, 3.05) is 5.88 Å². The quantitative estimate of drug-likeness (QED) is 0.570. The summed E-state index contributed by atoms with van der Waals surface area (Å²) in [6.07, 6.45) is 1.51.